The Bertz CT molecular complexity index is 1030. The van der Waals surface area contributed by atoms with Gasteiger partial charge in [-0.3, -0.25) is 14.3 Å². The van der Waals surface area contributed by atoms with Crippen molar-refractivity contribution >= 4 is 44.1 Å². The van der Waals surface area contributed by atoms with E-state index in [9.17, 15) is 23.1 Å². The van der Waals surface area contributed by atoms with Gasteiger partial charge in [-0.1, -0.05) is 12.2 Å². The number of fused-ring (bicyclic) bond motifs is 2. The molecule has 1 aromatic heterocycles. The summed E-state index contributed by atoms with van der Waals surface area (Å²) in [4.78, 5) is 28.1. The normalized spacial score (nSPS) is 25.6. The number of hydrogen-bond donors (Lipinski definition) is 3. The Kier molecular flexibility index (Phi) is 4.68. The Labute approximate surface area is 165 Å². The van der Waals surface area contributed by atoms with Gasteiger partial charge in [0.15, 0.2) is 5.13 Å². The molecule has 10 heteroatoms. The number of rotatable bonds is 6. The first-order valence-corrected chi connectivity index (χ1v) is 11.0. The molecule has 3 N–H and O–H groups in total. The average molecular weight is 419 g/mol. The number of amides is 1. The van der Waals surface area contributed by atoms with Crippen LogP contribution < -0.4 is 10.0 Å². The topological polar surface area (TPSA) is 125 Å². The first-order chi connectivity index (χ1) is 13.3. The molecule has 1 saturated carbocycles. The molecule has 2 aliphatic carbocycles. The summed E-state index contributed by atoms with van der Waals surface area (Å²) in [5, 5.41) is 14.1. The minimum absolute atomic E-state index is 0.0342. The van der Waals surface area contributed by atoms with Crippen LogP contribution >= 0.6 is 11.3 Å². The summed E-state index contributed by atoms with van der Waals surface area (Å²) in [6.07, 6.45) is 5.96. The SMILES string of the molecule is O=C(O)[C@@H]1[C@@H](C(=O)Nc2ccc(S(=O)(=O)Nc3nccs3)cc2)[C@H]2C=C[C@@H]1C2. The largest absolute Gasteiger partial charge is 0.481 e. The van der Waals surface area contributed by atoms with Gasteiger partial charge in [0.1, 0.15) is 0 Å². The van der Waals surface area contributed by atoms with Crippen LogP contribution in [0.15, 0.2) is 52.9 Å². The maximum atomic E-state index is 12.7. The van der Waals surface area contributed by atoms with Gasteiger partial charge in [-0.15, -0.1) is 11.3 Å². The van der Waals surface area contributed by atoms with Crippen LogP contribution in [-0.2, 0) is 19.6 Å². The molecule has 1 fully saturated rings. The van der Waals surface area contributed by atoms with E-state index in [1.54, 1.807) is 5.38 Å². The first-order valence-electron chi connectivity index (χ1n) is 8.59. The quantitative estimate of drug-likeness (QED) is 0.618. The summed E-state index contributed by atoms with van der Waals surface area (Å²) < 4.78 is 27.1. The molecule has 2 bridgehead atoms. The zero-order valence-corrected chi connectivity index (χ0v) is 16.1. The third-order valence-corrected chi connectivity index (χ3v) is 7.31. The van der Waals surface area contributed by atoms with Crippen molar-refractivity contribution in [2.45, 2.75) is 11.3 Å². The molecule has 0 unspecified atom stereocenters. The highest BCUT2D eigenvalue weighted by molar-refractivity contribution is 7.93. The number of allylic oxidation sites excluding steroid dienone is 2. The third-order valence-electron chi connectivity index (χ3n) is 5.13. The van der Waals surface area contributed by atoms with E-state index in [4.69, 9.17) is 0 Å². The molecular weight excluding hydrogens is 402 g/mol. The molecule has 0 spiro atoms. The van der Waals surface area contributed by atoms with Crippen molar-refractivity contribution < 1.29 is 23.1 Å². The van der Waals surface area contributed by atoms with Crippen LogP contribution in [0, 0.1) is 23.7 Å². The summed E-state index contributed by atoms with van der Waals surface area (Å²) in [6.45, 7) is 0. The molecular formula is C18H17N3O5S2. The fourth-order valence-electron chi connectivity index (χ4n) is 3.91. The zero-order chi connectivity index (χ0) is 19.9. The number of nitrogens with one attached hydrogen (secondary N) is 2. The molecule has 146 valence electrons. The Hall–Kier alpha value is -2.72. The van der Waals surface area contributed by atoms with Crippen molar-refractivity contribution in [3.63, 3.8) is 0 Å². The lowest BCUT2D eigenvalue weighted by Gasteiger charge is -2.23. The molecule has 0 radical (unpaired) electrons. The van der Waals surface area contributed by atoms with Gasteiger partial charge < -0.3 is 10.4 Å². The van der Waals surface area contributed by atoms with Crippen LogP contribution in [0.2, 0.25) is 0 Å². The number of anilines is 2. The first kappa shape index (κ1) is 18.6. The van der Waals surface area contributed by atoms with E-state index in [1.807, 2.05) is 12.2 Å². The van der Waals surface area contributed by atoms with Crippen molar-refractivity contribution in [1.29, 1.82) is 0 Å². The molecule has 2 aliphatic rings. The molecule has 2 aromatic rings. The third kappa shape index (κ3) is 3.40. The summed E-state index contributed by atoms with van der Waals surface area (Å²) in [6, 6.07) is 5.71. The standard InChI is InChI=1S/C18H17N3O5S2/c22-16(14-10-1-2-11(9-10)15(14)17(23)24)20-12-3-5-13(6-4-12)28(25,26)21-18-19-7-8-27-18/h1-8,10-11,14-15H,9H2,(H,19,21)(H,20,22)(H,23,24)/t10-,11+,14-,15-/m0/s1. The van der Waals surface area contributed by atoms with E-state index < -0.39 is 27.8 Å². The molecule has 1 amide bonds. The highest BCUT2D eigenvalue weighted by Gasteiger charge is 2.51. The zero-order valence-electron chi connectivity index (χ0n) is 14.5. The van der Waals surface area contributed by atoms with E-state index in [-0.39, 0.29) is 27.8 Å². The summed E-state index contributed by atoms with van der Waals surface area (Å²) >= 11 is 1.17. The smallest absolute Gasteiger partial charge is 0.307 e. The summed E-state index contributed by atoms with van der Waals surface area (Å²) in [5.41, 5.74) is 0.411. The average Bonchev–Trinajstić information content (AvgIpc) is 3.38. The molecule has 28 heavy (non-hydrogen) atoms. The van der Waals surface area contributed by atoms with Crippen LogP contribution in [0.4, 0.5) is 10.8 Å². The van der Waals surface area contributed by atoms with E-state index >= 15 is 0 Å². The van der Waals surface area contributed by atoms with E-state index in [2.05, 4.69) is 15.0 Å². The molecule has 1 aromatic carbocycles. The van der Waals surface area contributed by atoms with Crippen molar-refractivity contribution in [1.82, 2.24) is 4.98 Å². The van der Waals surface area contributed by atoms with Gasteiger partial charge in [0, 0.05) is 17.3 Å². The van der Waals surface area contributed by atoms with Crippen molar-refractivity contribution in [3.05, 3.63) is 48.0 Å². The van der Waals surface area contributed by atoms with Crippen molar-refractivity contribution in [2.75, 3.05) is 10.0 Å². The molecule has 4 rings (SSSR count). The van der Waals surface area contributed by atoms with Gasteiger partial charge >= 0.3 is 5.97 Å². The number of carboxylic acids is 1. The van der Waals surface area contributed by atoms with Crippen LogP contribution in [0.25, 0.3) is 0 Å². The monoisotopic (exact) mass is 419 g/mol. The summed E-state index contributed by atoms with van der Waals surface area (Å²) in [7, 11) is -3.77. The molecule has 0 saturated heterocycles. The number of aromatic nitrogens is 1. The van der Waals surface area contributed by atoms with E-state index in [0.717, 1.165) is 0 Å². The van der Waals surface area contributed by atoms with Crippen LogP contribution in [0.5, 0.6) is 0 Å². The molecule has 1 heterocycles. The Morgan fingerprint density at radius 2 is 1.79 bits per heavy atom. The highest BCUT2D eigenvalue weighted by atomic mass is 32.2. The lowest BCUT2D eigenvalue weighted by atomic mass is 9.82. The maximum Gasteiger partial charge on any atom is 0.307 e. The lowest BCUT2D eigenvalue weighted by Crippen LogP contribution is -2.36. The number of hydrogen-bond acceptors (Lipinski definition) is 6. The fraction of sp³-hybridized carbons (Fsp3) is 0.278. The lowest BCUT2D eigenvalue weighted by molar-refractivity contribution is -0.146. The van der Waals surface area contributed by atoms with Crippen molar-refractivity contribution in [3.8, 4) is 0 Å². The Morgan fingerprint density at radius 1 is 1.11 bits per heavy atom. The van der Waals surface area contributed by atoms with E-state index in [1.165, 1.54) is 41.8 Å². The number of benzene rings is 1. The van der Waals surface area contributed by atoms with Gasteiger partial charge in [-0.25, -0.2) is 13.4 Å². The van der Waals surface area contributed by atoms with Gasteiger partial charge in [-0.05, 0) is 42.5 Å². The number of nitrogens with zero attached hydrogens (tertiary/aromatic N) is 1. The predicted molar refractivity (Wildman–Crippen MR) is 103 cm³/mol. The highest BCUT2D eigenvalue weighted by Crippen LogP contribution is 2.48. The number of carbonyl (C=O) groups excluding carboxylic acids is 1. The number of aliphatic carboxylic acids is 1. The summed E-state index contributed by atoms with van der Waals surface area (Å²) in [5.74, 6) is -2.86. The number of thiazole rings is 1. The predicted octanol–water partition coefficient (Wildman–Crippen LogP) is 2.41. The van der Waals surface area contributed by atoms with Crippen molar-refractivity contribution in [2.24, 2.45) is 23.7 Å². The maximum absolute atomic E-state index is 12.7. The molecule has 4 atom stereocenters. The number of carbonyl (C=O) groups is 2. The molecule has 8 nitrogen and oxygen atoms in total. The minimum Gasteiger partial charge on any atom is -0.481 e. The van der Waals surface area contributed by atoms with Gasteiger partial charge in [0.25, 0.3) is 10.0 Å². The van der Waals surface area contributed by atoms with Crippen LogP contribution in [0.3, 0.4) is 0 Å². The van der Waals surface area contributed by atoms with Gasteiger partial charge in [0.2, 0.25) is 5.91 Å². The van der Waals surface area contributed by atoms with E-state index in [0.29, 0.717) is 12.1 Å². The second-order valence-corrected chi connectivity index (χ2v) is 9.37. The van der Waals surface area contributed by atoms with Crippen LogP contribution in [-0.4, -0.2) is 30.4 Å². The second-order valence-electron chi connectivity index (χ2n) is 6.79. The fourth-order valence-corrected chi connectivity index (χ4v) is 5.70. The number of sulfonamides is 1. The Morgan fingerprint density at radius 3 is 2.39 bits per heavy atom. The van der Waals surface area contributed by atoms with Crippen LogP contribution in [0.1, 0.15) is 6.42 Å². The van der Waals surface area contributed by atoms with Gasteiger partial charge in [0.05, 0.1) is 16.7 Å². The molecule has 0 aliphatic heterocycles. The van der Waals surface area contributed by atoms with Gasteiger partial charge in [-0.2, -0.15) is 0 Å². The Balaban J connectivity index is 1.47. The number of carboxylic acid groups (broad SMARTS) is 1. The minimum atomic E-state index is -3.77. The second kappa shape index (κ2) is 7.02.